The molecule has 0 atom stereocenters. The molecule has 0 amide bonds. The molecule has 0 saturated carbocycles. The first-order chi connectivity index (χ1) is 8.95. The molecule has 0 aliphatic rings. The average molecular weight is 266 g/mol. The maximum atomic E-state index is 11.3. The molecule has 0 aliphatic heterocycles. The van der Waals surface area contributed by atoms with E-state index in [-0.39, 0.29) is 18.1 Å². The van der Waals surface area contributed by atoms with E-state index in [1.54, 1.807) is 37.9 Å². The van der Waals surface area contributed by atoms with Crippen molar-refractivity contribution < 1.29 is 14.5 Å². The topological polar surface area (TPSA) is 72.7 Å². The number of ether oxygens (including phenoxy) is 1. The lowest BCUT2D eigenvalue weighted by Gasteiger charge is -2.18. The molecule has 0 radical (unpaired) electrons. The Morgan fingerprint density at radius 3 is 2.74 bits per heavy atom. The number of nitro groups is 1. The molecule has 6 nitrogen and oxygen atoms in total. The average Bonchev–Trinajstić information content (AvgIpc) is 2.36. The summed E-state index contributed by atoms with van der Waals surface area (Å²) in [4.78, 5) is 23.5. The van der Waals surface area contributed by atoms with Crippen LogP contribution in [-0.2, 0) is 9.53 Å². The van der Waals surface area contributed by atoms with Crippen LogP contribution in [-0.4, -0.2) is 31.1 Å². The van der Waals surface area contributed by atoms with Gasteiger partial charge in [0, 0.05) is 30.9 Å². The second kappa shape index (κ2) is 6.72. The lowest BCUT2D eigenvalue weighted by molar-refractivity contribution is -0.385. The van der Waals surface area contributed by atoms with E-state index in [1.165, 1.54) is 6.07 Å². The monoisotopic (exact) mass is 266 g/mol. The highest BCUT2D eigenvalue weighted by Crippen LogP contribution is 2.24. The molecular weight excluding hydrogens is 248 g/mol. The normalized spacial score (nSPS) is 10.1. The molecule has 104 valence electrons. The van der Waals surface area contributed by atoms with E-state index in [9.17, 15) is 14.9 Å². The zero-order chi connectivity index (χ0) is 14.4. The molecule has 1 aromatic carbocycles. The molecule has 0 saturated heterocycles. The molecule has 0 bridgehead atoms. The van der Waals surface area contributed by atoms with Gasteiger partial charge in [-0.05, 0) is 19.9 Å². The number of carbonyl (C=O) groups excluding carboxylic acids is 1. The third-order valence-electron chi connectivity index (χ3n) is 2.79. The van der Waals surface area contributed by atoms with Crippen LogP contribution >= 0.6 is 0 Å². The third-order valence-corrected chi connectivity index (χ3v) is 2.79. The van der Waals surface area contributed by atoms with E-state index < -0.39 is 4.92 Å². The first kappa shape index (κ1) is 14.9. The summed E-state index contributed by atoms with van der Waals surface area (Å²) in [6.45, 7) is 4.27. The fourth-order valence-electron chi connectivity index (χ4n) is 1.65. The summed E-state index contributed by atoms with van der Waals surface area (Å²) >= 11 is 0. The van der Waals surface area contributed by atoms with Crippen molar-refractivity contribution in [3.8, 4) is 0 Å². The van der Waals surface area contributed by atoms with Crippen molar-refractivity contribution in [1.82, 2.24) is 0 Å². The highest BCUT2D eigenvalue weighted by Gasteiger charge is 2.13. The fraction of sp³-hybridized carbons (Fsp3) is 0.462. The second-order valence-electron chi connectivity index (χ2n) is 4.20. The minimum Gasteiger partial charge on any atom is -0.466 e. The van der Waals surface area contributed by atoms with Gasteiger partial charge in [0.2, 0.25) is 0 Å². The number of hydrogen-bond acceptors (Lipinski definition) is 5. The molecule has 6 heteroatoms. The molecule has 0 heterocycles. The number of esters is 1. The number of rotatable bonds is 6. The minimum absolute atomic E-state index is 0.0838. The largest absolute Gasteiger partial charge is 0.466 e. The van der Waals surface area contributed by atoms with E-state index in [0.29, 0.717) is 24.4 Å². The first-order valence-electron chi connectivity index (χ1n) is 6.07. The van der Waals surface area contributed by atoms with E-state index in [1.807, 2.05) is 0 Å². The van der Waals surface area contributed by atoms with Gasteiger partial charge in [-0.25, -0.2) is 0 Å². The van der Waals surface area contributed by atoms with Gasteiger partial charge in [-0.2, -0.15) is 0 Å². The van der Waals surface area contributed by atoms with Crippen LogP contribution in [0.4, 0.5) is 11.4 Å². The number of aryl methyl sites for hydroxylation is 1. The number of carbonyl (C=O) groups is 1. The highest BCUT2D eigenvalue weighted by molar-refractivity contribution is 5.70. The molecule has 0 spiro atoms. The van der Waals surface area contributed by atoms with Gasteiger partial charge in [0.25, 0.3) is 5.69 Å². The Kier molecular flexibility index (Phi) is 5.29. The van der Waals surface area contributed by atoms with Gasteiger partial charge in [0.15, 0.2) is 0 Å². The first-order valence-corrected chi connectivity index (χ1v) is 6.07. The number of hydrogen-bond donors (Lipinski definition) is 0. The quantitative estimate of drug-likeness (QED) is 0.448. The Morgan fingerprint density at radius 1 is 1.47 bits per heavy atom. The third kappa shape index (κ3) is 4.24. The molecule has 1 aromatic rings. The zero-order valence-corrected chi connectivity index (χ0v) is 11.4. The van der Waals surface area contributed by atoms with Gasteiger partial charge in [0.05, 0.1) is 18.0 Å². The Labute approximate surface area is 112 Å². The predicted octanol–water partition coefficient (Wildman–Crippen LogP) is 2.29. The van der Waals surface area contributed by atoms with Gasteiger partial charge in [-0.3, -0.25) is 14.9 Å². The maximum Gasteiger partial charge on any atom is 0.307 e. The lowest BCUT2D eigenvalue weighted by atomic mass is 10.1. The Morgan fingerprint density at radius 2 is 2.16 bits per heavy atom. The maximum absolute atomic E-state index is 11.3. The number of nitrogens with zero attached hydrogens (tertiary/aromatic N) is 2. The van der Waals surface area contributed by atoms with Crippen molar-refractivity contribution in [3.05, 3.63) is 33.9 Å². The van der Waals surface area contributed by atoms with Gasteiger partial charge < -0.3 is 9.64 Å². The van der Waals surface area contributed by atoms with Gasteiger partial charge in [-0.1, -0.05) is 6.07 Å². The van der Waals surface area contributed by atoms with E-state index in [2.05, 4.69) is 0 Å². The summed E-state index contributed by atoms with van der Waals surface area (Å²) in [5.74, 6) is -0.268. The predicted molar refractivity (Wildman–Crippen MR) is 72.4 cm³/mol. The van der Waals surface area contributed by atoms with Crippen LogP contribution < -0.4 is 4.90 Å². The Hall–Kier alpha value is -2.11. The van der Waals surface area contributed by atoms with Crippen molar-refractivity contribution in [3.63, 3.8) is 0 Å². The highest BCUT2D eigenvalue weighted by atomic mass is 16.6. The smallest absolute Gasteiger partial charge is 0.307 e. The second-order valence-corrected chi connectivity index (χ2v) is 4.20. The van der Waals surface area contributed by atoms with Gasteiger partial charge >= 0.3 is 5.97 Å². The van der Waals surface area contributed by atoms with Crippen LogP contribution in [0.1, 0.15) is 18.9 Å². The summed E-state index contributed by atoms with van der Waals surface area (Å²) in [5, 5.41) is 10.9. The minimum atomic E-state index is -0.405. The van der Waals surface area contributed by atoms with Gasteiger partial charge in [-0.15, -0.1) is 0 Å². The molecule has 0 unspecified atom stereocenters. The van der Waals surface area contributed by atoms with E-state index in [4.69, 9.17) is 4.74 Å². The summed E-state index contributed by atoms with van der Waals surface area (Å²) in [6, 6.07) is 5.02. The standard InChI is InChI=1S/C13H18N2O4/c1-4-19-13(16)7-8-14(3)11-6-5-10(2)12(9-11)15(17)18/h5-6,9H,4,7-8H2,1-3H3. The van der Waals surface area contributed by atoms with Crippen LogP contribution in [0.15, 0.2) is 18.2 Å². The van der Waals surface area contributed by atoms with Crippen molar-refractivity contribution >= 4 is 17.3 Å². The molecule has 19 heavy (non-hydrogen) atoms. The molecule has 0 fully saturated rings. The van der Waals surface area contributed by atoms with Crippen molar-refractivity contribution in [2.24, 2.45) is 0 Å². The van der Waals surface area contributed by atoms with Crippen molar-refractivity contribution in [2.75, 3.05) is 25.1 Å². The molecule has 1 rings (SSSR count). The van der Waals surface area contributed by atoms with Crippen LogP contribution in [0.3, 0.4) is 0 Å². The van der Waals surface area contributed by atoms with Crippen molar-refractivity contribution in [2.45, 2.75) is 20.3 Å². The number of nitro benzene ring substituents is 1. The summed E-state index contributed by atoms with van der Waals surface area (Å²) in [7, 11) is 1.79. The molecule has 0 aromatic heterocycles. The van der Waals surface area contributed by atoms with Crippen LogP contribution in [0.25, 0.3) is 0 Å². The lowest BCUT2D eigenvalue weighted by Crippen LogP contribution is -2.22. The number of benzene rings is 1. The van der Waals surface area contributed by atoms with Crippen LogP contribution in [0, 0.1) is 17.0 Å². The van der Waals surface area contributed by atoms with E-state index >= 15 is 0 Å². The molecular formula is C13H18N2O4. The summed E-state index contributed by atoms with van der Waals surface area (Å²) in [6.07, 6.45) is 0.256. The van der Waals surface area contributed by atoms with E-state index in [0.717, 1.165) is 0 Å². The van der Waals surface area contributed by atoms with Crippen LogP contribution in [0.2, 0.25) is 0 Å². The number of anilines is 1. The summed E-state index contributed by atoms with van der Waals surface area (Å²) in [5.41, 5.74) is 1.41. The Balaban J connectivity index is 2.72. The van der Waals surface area contributed by atoms with Gasteiger partial charge in [0.1, 0.15) is 0 Å². The molecule has 0 N–H and O–H groups in total. The fourth-order valence-corrected chi connectivity index (χ4v) is 1.65. The van der Waals surface area contributed by atoms with Crippen molar-refractivity contribution in [1.29, 1.82) is 0 Å². The zero-order valence-electron chi connectivity index (χ0n) is 11.4. The molecule has 0 aliphatic carbocycles. The van der Waals surface area contributed by atoms with Crippen LogP contribution in [0.5, 0.6) is 0 Å². The Bertz CT molecular complexity index is 474. The SMILES string of the molecule is CCOC(=O)CCN(C)c1ccc(C)c([N+](=O)[O-])c1. The summed E-state index contributed by atoms with van der Waals surface area (Å²) < 4.78 is 4.84.